The highest BCUT2D eigenvalue weighted by Gasteiger charge is 2.66. The van der Waals surface area contributed by atoms with Crippen molar-refractivity contribution in [2.24, 2.45) is 5.92 Å². The number of ether oxygens (including phenoxy) is 1. The summed E-state index contributed by atoms with van der Waals surface area (Å²) in [5, 5.41) is 18.8. The predicted octanol–water partition coefficient (Wildman–Crippen LogP) is 5.73. The van der Waals surface area contributed by atoms with Crippen LogP contribution in [0.3, 0.4) is 0 Å². The maximum atomic E-state index is 14.5. The minimum atomic E-state index is -2.80. The van der Waals surface area contributed by atoms with E-state index in [9.17, 15) is 14.7 Å². The predicted molar refractivity (Wildman–Crippen MR) is 167 cm³/mol. The van der Waals surface area contributed by atoms with Gasteiger partial charge in [-0.25, -0.2) is 0 Å². The molecule has 2 N–H and O–H groups in total. The van der Waals surface area contributed by atoms with Crippen molar-refractivity contribution in [3.05, 3.63) is 106 Å². The smallest absolute Gasteiger partial charge is 0.268 e. The highest BCUT2D eigenvalue weighted by atomic mass is 79.9. The fraction of sp³-hybridized carbons (Fsp3) is 0.344. The molecule has 8 nitrogen and oxygen atoms in total. The Morgan fingerprint density at radius 1 is 1.07 bits per heavy atom. The first kappa shape index (κ1) is 28.9. The van der Waals surface area contributed by atoms with Crippen LogP contribution >= 0.6 is 15.9 Å². The number of aryl methyl sites for hydroxylation is 1. The number of benzene rings is 3. The zero-order valence-corrected chi connectivity index (χ0v) is 26.5. The van der Waals surface area contributed by atoms with Crippen molar-refractivity contribution in [2.45, 2.75) is 56.1 Å². The SMILES string of the molecule is C[C@@H]1[C@@H]([Si](C)(C)O)[C@H](CCn2cc(C(CO)c3ccccc3)nn2)O[C@@]12C(=O)N(c1ccccc1)c1ccc(Br)cc12. The Morgan fingerprint density at radius 2 is 1.76 bits per heavy atom. The molecule has 3 aromatic carbocycles. The van der Waals surface area contributed by atoms with Crippen LogP contribution < -0.4 is 4.90 Å². The number of anilines is 2. The normalized spacial score (nSPS) is 24.4. The average Bonchev–Trinajstić information content (AvgIpc) is 3.63. The molecule has 1 unspecified atom stereocenters. The second-order valence-corrected chi connectivity index (χ2v) is 16.7. The van der Waals surface area contributed by atoms with E-state index in [1.54, 1.807) is 9.58 Å². The third-order valence-corrected chi connectivity index (χ3v) is 11.8. The van der Waals surface area contributed by atoms with Crippen LogP contribution in [-0.2, 0) is 21.7 Å². The van der Waals surface area contributed by atoms with E-state index in [0.29, 0.717) is 18.7 Å². The molecule has 1 spiro atoms. The first-order valence-electron chi connectivity index (χ1n) is 14.3. The Morgan fingerprint density at radius 3 is 2.43 bits per heavy atom. The third-order valence-electron chi connectivity index (χ3n) is 8.81. The first-order chi connectivity index (χ1) is 20.1. The van der Waals surface area contributed by atoms with Crippen LogP contribution in [0.5, 0.6) is 0 Å². The summed E-state index contributed by atoms with van der Waals surface area (Å²) < 4.78 is 9.57. The van der Waals surface area contributed by atoms with Crippen LogP contribution in [0.25, 0.3) is 0 Å². The van der Waals surface area contributed by atoms with Crippen molar-refractivity contribution < 1.29 is 19.4 Å². The van der Waals surface area contributed by atoms with Gasteiger partial charge in [-0.3, -0.25) is 14.4 Å². The molecule has 1 fully saturated rings. The van der Waals surface area contributed by atoms with Gasteiger partial charge in [0.2, 0.25) is 0 Å². The number of nitrogens with zero attached hydrogens (tertiary/aromatic N) is 4. The molecule has 1 saturated heterocycles. The Hall–Kier alpha value is -3.15. The van der Waals surface area contributed by atoms with Crippen LogP contribution in [-0.4, -0.2) is 51.8 Å². The number of hydrogen-bond donors (Lipinski definition) is 2. The molecule has 10 heteroatoms. The number of rotatable bonds is 8. The topological polar surface area (TPSA) is 101 Å². The molecule has 42 heavy (non-hydrogen) atoms. The van der Waals surface area contributed by atoms with Crippen LogP contribution in [0.1, 0.15) is 36.1 Å². The molecule has 5 atom stereocenters. The van der Waals surface area contributed by atoms with E-state index in [2.05, 4.69) is 26.2 Å². The lowest BCUT2D eigenvalue weighted by molar-refractivity contribution is -0.145. The van der Waals surface area contributed by atoms with Gasteiger partial charge < -0.3 is 14.6 Å². The molecule has 0 aliphatic carbocycles. The third kappa shape index (κ3) is 4.85. The van der Waals surface area contributed by atoms with E-state index in [-0.39, 0.29) is 36.0 Å². The standard InChI is InChI=1S/C32H35BrN4O4Si/c1-21-30(42(2,3)40)29(16-17-36-19-27(34-35-36)25(20-38)22-10-6-4-7-11-22)41-32(21)26-18-23(33)14-15-28(26)37(31(32)39)24-12-8-5-9-13-24/h4-15,18-19,21,25,29-30,38,40H,16-17,20H2,1-3H3/t21-,25?,29+,30-,32+/m1/s1. The van der Waals surface area contributed by atoms with E-state index in [0.717, 1.165) is 27.0 Å². The van der Waals surface area contributed by atoms with Crippen molar-refractivity contribution >= 4 is 41.5 Å². The van der Waals surface area contributed by atoms with Gasteiger partial charge in [-0.1, -0.05) is 76.6 Å². The van der Waals surface area contributed by atoms with Crippen LogP contribution in [0.2, 0.25) is 18.6 Å². The van der Waals surface area contributed by atoms with E-state index in [1.807, 2.05) is 105 Å². The first-order valence-corrected chi connectivity index (χ1v) is 18.1. The summed E-state index contributed by atoms with van der Waals surface area (Å²) in [6.07, 6.45) is 2.05. The van der Waals surface area contributed by atoms with E-state index < -0.39 is 13.9 Å². The number of aromatic nitrogens is 3. The fourth-order valence-corrected chi connectivity index (χ4v) is 9.94. The molecular weight excluding hydrogens is 612 g/mol. The lowest BCUT2D eigenvalue weighted by Crippen LogP contribution is -2.45. The molecule has 0 radical (unpaired) electrons. The van der Waals surface area contributed by atoms with Crippen molar-refractivity contribution in [3.63, 3.8) is 0 Å². The monoisotopic (exact) mass is 646 g/mol. The molecule has 1 amide bonds. The molecule has 3 heterocycles. The van der Waals surface area contributed by atoms with Crippen molar-refractivity contribution in [1.82, 2.24) is 15.0 Å². The molecule has 4 aromatic rings. The van der Waals surface area contributed by atoms with Gasteiger partial charge in [-0.05, 0) is 55.4 Å². The second kappa shape index (κ2) is 11.2. The van der Waals surface area contributed by atoms with Crippen molar-refractivity contribution in [3.8, 4) is 0 Å². The summed E-state index contributed by atoms with van der Waals surface area (Å²) in [6, 6.07) is 25.3. The number of aliphatic hydroxyl groups excluding tert-OH is 1. The molecule has 1 aromatic heterocycles. The summed E-state index contributed by atoms with van der Waals surface area (Å²) in [5.41, 5.74) is 2.66. The Kier molecular flexibility index (Phi) is 7.69. The fourth-order valence-electron chi connectivity index (χ4n) is 6.98. The molecule has 2 aliphatic rings. The minimum absolute atomic E-state index is 0.0736. The summed E-state index contributed by atoms with van der Waals surface area (Å²) in [7, 11) is -2.80. The van der Waals surface area contributed by atoms with Gasteiger partial charge >= 0.3 is 0 Å². The minimum Gasteiger partial charge on any atom is -0.432 e. The average molecular weight is 648 g/mol. The number of amides is 1. The maximum Gasteiger partial charge on any atom is 0.268 e. The van der Waals surface area contributed by atoms with Crippen molar-refractivity contribution in [1.29, 1.82) is 0 Å². The molecule has 6 rings (SSSR count). The molecular formula is C32H35BrN4O4Si. The van der Waals surface area contributed by atoms with Gasteiger partial charge in [-0.2, -0.15) is 0 Å². The summed E-state index contributed by atoms with van der Waals surface area (Å²) in [5.74, 6) is -0.652. The van der Waals surface area contributed by atoms with Gasteiger partial charge in [0.1, 0.15) is 0 Å². The second-order valence-electron chi connectivity index (χ2n) is 11.8. The molecule has 0 saturated carbocycles. The summed E-state index contributed by atoms with van der Waals surface area (Å²) >= 11 is 3.62. The maximum absolute atomic E-state index is 14.5. The Labute approximate surface area is 255 Å². The van der Waals surface area contributed by atoms with Gasteiger partial charge in [0.05, 0.1) is 30.0 Å². The van der Waals surface area contributed by atoms with Crippen molar-refractivity contribution in [2.75, 3.05) is 11.5 Å². The van der Waals surface area contributed by atoms with Gasteiger partial charge in [0.25, 0.3) is 5.91 Å². The Bertz CT molecular complexity index is 1580. The van der Waals surface area contributed by atoms with Crippen LogP contribution in [0.4, 0.5) is 11.4 Å². The van der Waals surface area contributed by atoms with Gasteiger partial charge in [-0.15, -0.1) is 5.10 Å². The number of carbonyl (C=O) groups excluding carboxylic acids is 1. The number of fused-ring (bicyclic) bond motifs is 2. The largest absolute Gasteiger partial charge is 0.432 e. The number of carbonyl (C=O) groups is 1. The molecule has 218 valence electrons. The zero-order chi connectivity index (χ0) is 29.6. The van der Waals surface area contributed by atoms with Gasteiger partial charge in [0.15, 0.2) is 13.9 Å². The highest BCUT2D eigenvalue weighted by Crippen LogP contribution is 2.61. The quantitative estimate of drug-likeness (QED) is 0.237. The zero-order valence-electron chi connectivity index (χ0n) is 23.9. The summed E-state index contributed by atoms with van der Waals surface area (Å²) in [4.78, 5) is 27.8. The summed E-state index contributed by atoms with van der Waals surface area (Å²) in [6.45, 7) is 6.33. The number of para-hydroxylation sites is 1. The van der Waals surface area contributed by atoms with E-state index in [4.69, 9.17) is 4.74 Å². The molecule has 2 aliphatic heterocycles. The van der Waals surface area contributed by atoms with Gasteiger partial charge in [0, 0.05) is 39.9 Å². The Balaban J connectivity index is 1.32. The van der Waals surface area contributed by atoms with Crippen LogP contribution in [0, 0.1) is 5.92 Å². The lowest BCUT2D eigenvalue weighted by Gasteiger charge is -2.32. The van der Waals surface area contributed by atoms with E-state index >= 15 is 0 Å². The number of halogens is 1. The lowest BCUT2D eigenvalue weighted by atomic mass is 9.82. The highest BCUT2D eigenvalue weighted by molar-refractivity contribution is 9.10. The number of hydrogen-bond acceptors (Lipinski definition) is 6. The van der Waals surface area contributed by atoms with Crippen LogP contribution in [0.15, 0.2) is 89.5 Å². The number of aliphatic hydroxyl groups is 1. The van der Waals surface area contributed by atoms with E-state index in [1.165, 1.54) is 0 Å². The molecule has 0 bridgehead atoms.